The monoisotopic (exact) mass is 399 g/mol. The molecule has 154 valence electrons. The molecule has 4 aliphatic rings. The van der Waals surface area contributed by atoms with Gasteiger partial charge in [-0.1, -0.05) is 6.07 Å². The maximum absolute atomic E-state index is 13.3. The average Bonchev–Trinajstić information content (AvgIpc) is 3.25. The summed E-state index contributed by atoms with van der Waals surface area (Å²) in [5.41, 5.74) is 1.96. The maximum Gasteiger partial charge on any atom is 0.337 e. The minimum absolute atomic E-state index is 0.0463. The van der Waals surface area contributed by atoms with Crippen molar-refractivity contribution in [3.63, 3.8) is 0 Å². The SMILES string of the molecule is COC(=O)C1=CO[C@H](C)[C@@H]2C[NH+]3CC[C@]4(C(=O)Nc5cc(OC)ccc54)[C@@H]3C[C@@H]12. The molecule has 0 saturated carbocycles. The van der Waals surface area contributed by atoms with Crippen molar-refractivity contribution in [1.82, 2.24) is 0 Å². The minimum atomic E-state index is -0.551. The predicted octanol–water partition coefficient (Wildman–Crippen LogP) is 0.654. The summed E-state index contributed by atoms with van der Waals surface area (Å²) < 4.78 is 16.1. The lowest BCUT2D eigenvalue weighted by atomic mass is 9.66. The molecule has 1 aromatic rings. The van der Waals surface area contributed by atoms with Crippen LogP contribution in [0.1, 0.15) is 25.3 Å². The van der Waals surface area contributed by atoms with E-state index in [0.29, 0.717) is 5.57 Å². The van der Waals surface area contributed by atoms with Gasteiger partial charge in [-0.15, -0.1) is 0 Å². The van der Waals surface area contributed by atoms with E-state index in [1.165, 1.54) is 12.0 Å². The highest BCUT2D eigenvalue weighted by Gasteiger charge is 2.64. The van der Waals surface area contributed by atoms with Crippen LogP contribution in [-0.2, 0) is 24.5 Å². The first-order valence-electron chi connectivity index (χ1n) is 10.3. The minimum Gasteiger partial charge on any atom is -0.497 e. The van der Waals surface area contributed by atoms with Crippen molar-refractivity contribution in [1.29, 1.82) is 0 Å². The van der Waals surface area contributed by atoms with Gasteiger partial charge < -0.3 is 24.4 Å². The lowest BCUT2D eigenvalue weighted by molar-refractivity contribution is -0.925. The molecule has 4 aliphatic heterocycles. The van der Waals surface area contributed by atoms with Crippen molar-refractivity contribution in [2.24, 2.45) is 11.8 Å². The Balaban J connectivity index is 1.54. The number of piperidine rings is 1. The zero-order chi connectivity index (χ0) is 20.3. The quantitative estimate of drug-likeness (QED) is 0.715. The number of anilines is 1. The van der Waals surface area contributed by atoms with Gasteiger partial charge in [-0.2, -0.15) is 0 Å². The van der Waals surface area contributed by atoms with Gasteiger partial charge in [0.15, 0.2) is 0 Å². The van der Waals surface area contributed by atoms with Crippen LogP contribution >= 0.6 is 0 Å². The van der Waals surface area contributed by atoms with Gasteiger partial charge in [-0.3, -0.25) is 4.79 Å². The lowest BCUT2D eigenvalue weighted by Crippen LogP contribution is -3.17. The summed E-state index contributed by atoms with van der Waals surface area (Å²) >= 11 is 0. The fourth-order valence-corrected chi connectivity index (χ4v) is 6.17. The summed E-state index contributed by atoms with van der Waals surface area (Å²) in [4.78, 5) is 27.1. The summed E-state index contributed by atoms with van der Waals surface area (Å²) in [5, 5.41) is 3.10. The summed E-state index contributed by atoms with van der Waals surface area (Å²) in [6.45, 7) is 3.90. The van der Waals surface area contributed by atoms with E-state index in [1.54, 1.807) is 13.4 Å². The molecule has 2 saturated heterocycles. The first-order chi connectivity index (χ1) is 14.0. The molecule has 5 rings (SSSR count). The molecule has 1 amide bonds. The molecule has 0 radical (unpaired) electrons. The van der Waals surface area contributed by atoms with Gasteiger partial charge in [-0.25, -0.2) is 4.79 Å². The smallest absolute Gasteiger partial charge is 0.337 e. The van der Waals surface area contributed by atoms with E-state index < -0.39 is 5.41 Å². The highest BCUT2D eigenvalue weighted by atomic mass is 16.5. The number of nitrogens with one attached hydrogen (secondary N) is 2. The van der Waals surface area contributed by atoms with E-state index in [2.05, 4.69) is 12.2 Å². The molecular formula is C22H27N2O5+. The molecule has 1 spiro atoms. The van der Waals surface area contributed by atoms with Crippen molar-refractivity contribution < 1.29 is 28.7 Å². The van der Waals surface area contributed by atoms with Crippen LogP contribution in [0.15, 0.2) is 30.0 Å². The number of methoxy groups -OCH3 is 2. The maximum atomic E-state index is 13.3. The zero-order valence-corrected chi connectivity index (χ0v) is 17.0. The Hall–Kier alpha value is -2.54. The summed E-state index contributed by atoms with van der Waals surface area (Å²) in [7, 11) is 3.03. The van der Waals surface area contributed by atoms with Gasteiger partial charge in [0.25, 0.3) is 0 Å². The fraction of sp³-hybridized carbons (Fsp3) is 0.545. The Labute approximate surface area is 170 Å². The Morgan fingerprint density at radius 1 is 1.34 bits per heavy atom. The molecule has 0 aromatic heterocycles. The number of hydrogen-bond acceptors (Lipinski definition) is 5. The van der Waals surface area contributed by atoms with E-state index in [1.807, 2.05) is 18.2 Å². The number of carbonyl (C=O) groups is 2. The zero-order valence-electron chi connectivity index (χ0n) is 17.0. The number of benzene rings is 1. The molecule has 6 atom stereocenters. The first-order valence-corrected chi connectivity index (χ1v) is 10.3. The Morgan fingerprint density at radius 2 is 2.17 bits per heavy atom. The Kier molecular flexibility index (Phi) is 4.13. The molecule has 4 heterocycles. The third kappa shape index (κ3) is 2.46. The van der Waals surface area contributed by atoms with Crippen molar-refractivity contribution in [3.05, 3.63) is 35.6 Å². The number of amides is 1. The Morgan fingerprint density at radius 3 is 2.93 bits per heavy atom. The van der Waals surface area contributed by atoms with Gasteiger partial charge in [0.2, 0.25) is 5.91 Å². The second-order valence-electron chi connectivity index (χ2n) is 8.66. The number of hydrogen-bond donors (Lipinski definition) is 2. The van der Waals surface area contributed by atoms with Crippen LogP contribution in [-0.4, -0.2) is 51.3 Å². The fourth-order valence-electron chi connectivity index (χ4n) is 6.17. The summed E-state index contributed by atoms with van der Waals surface area (Å²) in [6, 6.07) is 5.99. The largest absolute Gasteiger partial charge is 0.497 e. The highest BCUT2D eigenvalue weighted by molar-refractivity contribution is 6.07. The van der Waals surface area contributed by atoms with Crippen LogP contribution in [0.3, 0.4) is 0 Å². The van der Waals surface area contributed by atoms with Gasteiger partial charge in [-0.05, 0) is 18.6 Å². The average molecular weight is 399 g/mol. The number of carbonyl (C=O) groups excluding carboxylic acids is 2. The van der Waals surface area contributed by atoms with Crippen molar-refractivity contribution >= 4 is 17.6 Å². The van der Waals surface area contributed by atoms with Crippen LogP contribution < -0.4 is 15.0 Å². The second kappa shape index (κ2) is 6.49. The molecule has 29 heavy (non-hydrogen) atoms. The molecule has 7 heteroatoms. The van der Waals surface area contributed by atoms with E-state index in [0.717, 1.165) is 42.9 Å². The molecule has 0 aliphatic carbocycles. The van der Waals surface area contributed by atoms with Crippen LogP contribution in [0.5, 0.6) is 5.75 Å². The van der Waals surface area contributed by atoms with E-state index in [9.17, 15) is 9.59 Å². The van der Waals surface area contributed by atoms with E-state index >= 15 is 0 Å². The van der Waals surface area contributed by atoms with Crippen molar-refractivity contribution in [2.75, 3.05) is 32.6 Å². The van der Waals surface area contributed by atoms with Crippen LogP contribution in [0.2, 0.25) is 0 Å². The van der Waals surface area contributed by atoms with Gasteiger partial charge >= 0.3 is 5.97 Å². The van der Waals surface area contributed by atoms with Crippen LogP contribution in [0, 0.1) is 11.8 Å². The number of fused-ring (bicyclic) bond motifs is 5. The Bertz CT molecular complexity index is 912. The standard InChI is InChI=1S/C22H26N2O5/c1-12-15-10-24-7-6-22(17-5-4-13(27-2)8-18(17)23-21(22)26)19(24)9-14(15)16(11-29-12)20(25)28-3/h4-5,8,11-12,14-15,19H,6-7,9-10H2,1-3H3,(H,23,26)/p+1/t12-,14-,15+,19+,22-/m1/s1. The third-order valence-corrected chi connectivity index (χ3v) is 7.63. The molecule has 1 unspecified atom stereocenters. The van der Waals surface area contributed by atoms with Crippen molar-refractivity contribution in [3.8, 4) is 5.75 Å². The van der Waals surface area contributed by atoms with Crippen LogP contribution in [0.4, 0.5) is 5.69 Å². The van der Waals surface area contributed by atoms with Crippen LogP contribution in [0.25, 0.3) is 0 Å². The van der Waals surface area contributed by atoms with E-state index in [-0.39, 0.29) is 35.9 Å². The van der Waals surface area contributed by atoms with Gasteiger partial charge in [0.05, 0.1) is 45.1 Å². The third-order valence-electron chi connectivity index (χ3n) is 7.63. The lowest BCUT2D eigenvalue weighted by Gasteiger charge is -2.45. The van der Waals surface area contributed by atoms with E-state index in [4.69, 9.17) is 14.2 Å². The number of ether oxygens (including phenoxy) is 3. The topological polar surface area (TPSA) is 78.3 Å². The first kappa shape index (κ1) is 18.5. The molecular weight excluding hydrogens is 372 g/mol. The molecule has 7 nitrogen and oxygen atoms in total. The predicted molar refractivity (Wildman–Crippen MR) is 105 cm³/mol. The van der Waals surface area contributed by atoms with Gasteiger partial charge in [0.1, 0.15) is 23.3 Å². The number of quaternary nitrogens is 1. The molecule has 0 bridgehead atoms. The normalized spacial score (nSPS) is 37.0. The molecule has 2 fully saturated rings. The highest BCUT2D eigenvalue weighted by Crippen LogP contribution is 2.49. The second-order valence-corrected chi connectivity index (χ2v) is 8.66. The number of esters is 1. The number of rotatable bonds is 2. The summed E-state index contributed by atoms with van der Waals surface area (Å²) in [6.07, 6.45) is 3.21. The molecule has 2 N–H and O–H groups in total. The van der Waals surface area contributed by atoms with Crippen molar-refractivity contribution in [2.45, 2.75) is 37.3 Å². The summed E-state index contributed by atoms with van der Waals surface area (Å²) in [5.74, 6) is 0.771. The van der Waals surface area contributed by atoms with Gasteiger partial charge in [0, 0.05) is 30.5 Å². The molecule has 1 aromatic carbocycles.